The molecular formula is C19H28N2. The lowest BCUT2D eigenvalue weighted by Gasteiger charge is -2.17. The Kier molecular flexibility index (Phi) is 5.11. The molecule has 2 aromatic rings. The smallest absolute Gasteiger partial charge is 0.0415 e. The van der Waals surface area contributed by atoms with Crippen molar-refractivity contribution in [2.24, 2.45) is 0 Å². The van der Waals surface area contributed by atoms with Gasteiger partial charge >= 0.3 is 0 Å². The summed E-state index contributed by atoms with van der Waals surface area (Å²) < 4.78 is 2.21. The predicted octanol–water partition coefficient (Wildman–Crippen LogP) is 5.37. The van der Waals surface area contributed by atoms with E-state index in [2.05, 4.69) is 81.2 Å². The second kappa shape index (κ2) is 6.84. The van der Waals surface area contributed by atoms with Gasteiger partial charge in [-0.05, 0) is 47.6 Å². The standard InChI is InChI=1S/C19H28N2/c1-6-21-10-9-16(13-21)12-20-19-8-7-17(14(2)3)11-18(19)15(4)5/h7-11,13-15,20H,6,12H2,1-5H3. The molecule has 0 spiro atoms. The van der Waals surface area contributed by atoms with E-state index < -0.39 is 0 Å². The van der Waals surface area contributed by atoms with Crippen LogP contribution >= 0.6 is 0 Å². The first-order valence-corrected chi connectivity index (χ1v) is 8.03. The number of aromatic nitrogens is 1. The number of anilines is 1. The van der Waals surface area contributed by atoms with Gasteiger partial charge in [-0.2, -0.15) is 0 Å². The molecule has 1 aromatic heterocycles. The van der Waals surface area contributed by atoms with E-state index in [0.717, 1.165) is 13.1 Å². The van der Waals surface area contributed by atoms with Gasteiger partial charge < -0.3 is 9.88 Å². The summed E-state index contributed by atoms with van der Waals surface area (Å²) in [4.78, 5) is 0. The third-order valence-electron chi connectivity index (χ3n) is 4.02. The van der Waals surface area contributed by atoms with Gasteiger partial charge in [0.1, 0.15) is 0 Å². The van der Waals surface area contributed by atoms with Crippen molar-refractivity contribution in [3.63, 3.8) is 0 Å². The highest BCUT2D eigenvalue weighted by atomic mass is 14.9. The van der Waals surface area contributed by atoms with Gasteiger partial charge in [0.25, 0.3) is 0 Å². The molecule has 0 amide bonds. The predicted molar refractivity (Wildman–Crippen MR) is 92.1 cm³/mol. The quantitative estimate of drug-likeness (QED) is 0.755. The third kappa shape index (κ3) is 3.90. The lowest BCUT2D eigenvalue weighted by molar-refractivity contribution is 0.766. The molecule has 0 unspecified atom stereocenters. The average Bonchev–Trinajstić information content (AvgIpc) is 2.92. The van der Waals surface area contributed by atoms with E-state index in [1.807, 2.05) is 0 Å². The Morgan fingerprint density at radius 1 is 1.05 bits per heavy atom. The van der Waals surface area contributed by atoms with Gasteiger partial charge in [-0.25, -0.2) is 0 Å². The van der Waals surface area contributed by atoms with Crippen LogP contribution in [-0.4, -0.2) is 4.57 Å². The summed E-state index contributed by atoms with van der Waals surface area (Å²) in [6.45, 7) is 13.1. The van der Waals surface area contributed by atoms with E-state index in [9.17, 15) is 0 Å². The number of benzene rings is 1. The third-order valence-corrected chi connectivity index (χ3v) is 4.02. The summed E-state index contributed by atoms with van der Waals surface area (Å²) in [5.41, 5.74) is 5.43. The first-order chi connectivity index (χ1) is 10.0. The van der Waals surface area contributed by atoms with E-state index >= 15 is 0 Å². The molecule has 0 aliphatic carbocycles. The van der Waals surface area contributed by atoms with Gasteiger partial charge in [-0.1, -0.05) is 39.8 Å². The monoisotopic (exact) mass is 284 g/mol. The molecule has 0 bridgehead atoms. The van der Waals surface area contributed by atoms with Crippen LogP contribution in [-0.2, 0) is 13.1 Å². The van der Waals surface area contributed by atoms with Crippen molar-refractivity contribution in [2.45, 2.75) is 59.5 Å². The first-order valence-electron chi connectivity index (χ1n) is 8.03. The molecule has 114 valence electrons. The lowest BCUT2D eigenvalue weighted by Crippen LogP contribution is -2.04. The molecule has 0 fully saturated rings. The van der Waals surface area contributed by atoms with Gasteiger partial charge in [0, 0.05) is 31.2 Å². The molecule has 1 N–H and O–H groups in total. The van der Waals surface area contributed by atoms with Crippen molar-refractivity contribution >= 4 is 5.69 Å². The number of aryl methyl sites for hydroxylation is 1. The first kappa shape index (κ1) is 15.7. The van der Waals surface area contributed by atoms with Gasteiger partial charge in [0.05, 0.1) is 0 Å². The summed E-state index contributed by atoms with van der Waals surface area (Å²) >= 11 is 0. The van der Waals surface area contributed by atoms with E-state index in [4.69, 9.17) is 0 Å². The summed E-state index contributed by atoms with van der Waals surface area (Å²) in [5, 5.41) is 3.60. The van der Waals surface area contributed by atoms with Crippen LogP contribution < -0.4 is 5.32 Å². The van der Waals surface area contributed by atoms with Crippen molar-refractivity contribution in [1.82, 2.24) is 4.57 Å². The summed E-state index contributed by atoms with van der Waals surface area (Å²) in [7, 11) is 0. The molecule has 1 aromatic carbocycles. The minimum atomic E-state index is 0.534. The van der Waals surface area contributed by atoms with Crippen LogP contribution in [0.25, 0.3) is 0 Å². The Hall–Kier alpha value is -1.70. The van der Waals surface area contributed by atoms with Gasteiger partial charge in [-0.15, -0.1) is 0 Å². The van der Waals surface area contributed by atoms with Gasteiger partial charge in [-0.3, -0.25) is 0 Å². The number of nitrogens with one attached hydrogen (secondary N) is 1. The van der Waals surface area contributed by atoms with Crippen LogP contribution in [0.5, 0.6) is 0 Å². The fraction of sp³-hybridized carbons (Fsp3) is 0.474. The summed E-state index contributed by atoms with van der Waals surface area (Å²) in [5.74, 6) is 1.11. The minimum absolute atomic E-state index is 0.534. The normalized spacial score (nSPS) is 11.4. The maximum absolute atomic E-state index is 3.60. The highest BCUT2D eigenvalue weighted by Gasteiger charge is 2.09. The lowest BCUT2D eigenvalue weighted by atomic mass is 9.94. The Bertz CT molecular complexity index is 579. The Balaban J connectivity index is 2.15. The van der Waals surface area contributed by atoms with Crippen LogP contribution in [0.1, 0.15) is 63.1 Å². The van der Waals surface area contributed by atoms with E-state index in [1.54, 1.807) is 0 Å². The van der Waals surface area contributed by atoms with Crippen LogP contribution in [0.4, 0.5) is 5.69 Å². The fourth-order valence-corrected chi connectivity index (χ4v) is 2.57. The molecule has 21 heavy (non-hydrogen) atoms. The van der Waals surface area contributed by atoms with Crippen LogP contribution in [0, 0.1) is 0 Å². The van der Waals surface area contributed by atoms with Crippen molar-refractivity contribution in [2.75, 3.05) is 5.32 Å². The molecule has 0 aliphatic rings. The van der Waals surface area contributed by atoms with Crippen molar-refractivity contribution in [1.29, 1.82) is 0 Å². The van der Waals surface area contributed by atoms with Crippen molar-refractivity contribution < 1.29 is 0 Å². The molecule has 0 atom stereocenters. The fourth-order valence-electron chi connectivity index (χ4n) is 2.57. The van der Waals surface area contributed by atoms with E-state index in [0.29, 0.717) is 11.8 Å². The molecule has 1 heterocycles. The molecule has 2 nitrogen and oxygen atoms in total. The maximum Gasteiger partial charge on any atom is 0.0415 e. The second-order valence-corrected chi connectivity index (χ2v) is 6.36. The zero-order valence-corrected chi connectivity index (χ0v) is 14.0. The van der Waals surface area contributed by atoms with Crippen LogP contribution in [0.2, 0.25) is 0 Å². The topological polar surface area (TPSA) is 17.0 Å². The maximum atomic E-state index is 3.60. The van der Waals surface area contributed by atoms with E-state index in [1.165, 1.54) is 22.4 Å². The Morgan fingerprint density at radius 2 is 1.81 bits per heavy atom. The largest absolute Gasteiger partial charge is 0.381 e. The SMILES string of the molecule is CCn1ccc(CNc2ccc(C(C)C)cc2C(C)C)c1. The molecular weight excluding hydrogens is 256 g/mol. The summed E-state index contributed by atoms with van der Waals surface area (Å²) in [6.07, 6.45) is 4.35. The molecule has 0 radical (unpaired) electrons. The number of hydrogen-bond acceptors (Lipinski definition) is 1. The van der Waals surface area contributed by atoms with Crippen molar-refractivity contribution in [3.8, 4) is 0 Å². The molecule has 2 heteroatoms. The highest BCUT2D eigenvalue weighted by molar-refractivity contribution is 5.54. The average molecular weight is 284 g/mol. The second-order valence-electron chi connectivity index (χ2n) is 6.36. The van der Waals surface area contributed by atoms with Gasteiger partial charge in [0.15, 0.2) is 0 Å². The molecule has 0 saturated heterocycles. The molecule has 0 aliphatic heterocycles. The molecule has 0 saturated carbocycles. The Morgan fingerprint density at radius 3 is 2.38 bits per heavy atom. The Labute approximate surface area is 129 Å². The minimum Gasteiger partial charge on any atom is -0.381 e. The molecule has 2 rings (SSSR count). The number of rotatable bonds is 6. The van der Waals surface area contributed by atoms with E-state index in [-0.39, 0.29) is 0 Å². The van der Waals surface area contributed by atoms with Crippen molar-refractivity contribution in [3.05, 3.63) is 53.3 Å². The van der Waals surface area contributed by atoms with Crippen LogP contribution in [0.15, 0.2) is 36.7 Å². The van der Waals surface area contributed by atoms with Gasteiger partial charge in [0.2, 0.25) is 0 Å². The summed E-state index contributed by atoms with van der Waals surface area (Å²) in [6, 6.07) is 9.03. The zero-order chi connectivity index (χ0) is 15.4. The zero-order valence-electron chi connectivity index (χ0n) is 14.0. The highest BCUT2D eigenvalue weighted by Crippen LogP contribution is 2.28. The number of hydrogen-bond donors (Lipinski definition) is 1. The van der Waals surface area contributed by atoms with Crippen LogP contribution in [0.3, 0.4) is 0 Å². The number of nitrogens with zero attached hydrogens (tertiary/aromatic N) is 1.